The molecule has 0 heteroatoms. The minimum absolute atomic E-state index is 0.218. The highest BCUT2D eigenvalue weighted by atomic mass is 14.2. The van der Waals surface area contributed by atoms with Crippen LogP contribution in [0.4, 0.5) is 0 Å². The molecule has 0 aliphatic rings. The van der Waals surface area contributed by atoms with Gasteiger partial charge in [-0.2, -0.15) is 0 Å². The van der Waals surface area contributed by atoms with Crippen LogP contribution in [0.3, 0.4) is 0 Å². The molecule has 80 valence electrons. The summed E-state index contributed by atoms with van der Waals surface area (Å²) in [6, 6.07) is 0. The van der Waals surface area contributed by atoms with Crippen LogP contribution in [0.25, 0.3) is 0 Å². The highest BCUT2D eigenvalue weighted by Crippen LogP contribution is 2.30. The maximum Gasteiger partial charge on any atom is -0.0132 e. The molecule has 0 aliphatic carbocycles. The first-order valence-corrected chi connectivity index (χ1v) is 5.18. The van der Waals surface area contributed by atoms with Crippen molar-refractivity contribution in [2.45, 2.75) is 48.5 Å². The van der Waals surface area contributed by atoms with E-state index in [1.54, 1.807) is 0 Å². The second-order valence-corrected chi connectivity index (χ2v) is 5.27. The summed E-state index contributed by atoms with van der Waals surface area (Å²) in [6.07, 6.45) is 2.26. The Morgan fingerprint density at radius 2 is 1.43 bits per heavy atom. The Labute approximate surface area is 89.4 Å². The number of hydrogen-bond acceptors (Lipinski definition) is 0. The van der Waals surface area contributed by atoms with E-state index < -0.39 is 0 Å². The Balaban J connectivity index is 5.22. The Morgan fingerprint density at radius 3 is 1.64 bits per heavy atom. The molecule has 0 atom stereocenters. The zero-order valence-corrected chi connectivity index (χ0v) is 10.8. The molecule has 0 aromatic heterocycles. The molecule has 0 saturated carbocycles. The molecule has 0 nitrogen and oxygen atoms in total. The fraction of sp³-hybridized carbons (Fsp3) is 0.571. The summed E-state index contributed by atoms with van der Waals surface area (Å²) in [4.78, 5) is 0. The van der Waals surface area contributed by atoms with Crippen molar-refractivity contribution in [1.82, 2.24) is 0 Å². The van der Waals surface area contributed by atoms with Crippen molar-refractivity contribution in [3.8, 4) is 0 Å². The maximum atomic E-state index is 3.96. The summed E-state index contributed by atoms with van der Waals surface area (Å²) in [5.41, 5.74) is 5.44. The standard InChI is InChI=1S/C14H24/c1-10(2)12(5)9-13(11(3)4)14(6,7)8/h9H,1H2,2-8H3/b12-9-. The van der Waals surface area contributed by atoms with E-state index in [-0.39, 0.29) is 5.41 Å². The van der Waals surface area contributed by atoms with E-state index >= 15 is 0 Å². The lowest BCUT2D eigenvalue weighted by atomic mass is 9.82. The average molecular weight is 192 g/mol. The highest BCUT2D eigenvalue weighted by molar-refractivity contribution is 5.37. The molecular weight excluding hydrogens is 168 g/mol. The largest absolute Gasteiger partial charge is 0.0958 e. The fourth-order valence-electron chi connectivity index (χ4n) is 1.45. The van der Waals surface area contributed by atoms with Gasteiger partial charge in [0.15, 0.2) is 0 Å². The molecule has 0 unspecified atom stereocenters. The Morgan fingerprint density at radius 1 is 1.00 bits per heavy atom. The normalized spacial score (nSPS) is 12.6. The molecule has 14 heavy (non-hydrogen) atoms. The van der Waals surface area contributed by atoms with Gasteiger partial charge in [0.2, 0.25) is 0 Å². The van der Waals surface area contributed by atoms with Gasteiger partial charge in [-0.1, -0.05) is 44.6 Å². The molecule has 0 amide bonds. The van der Waals surface area contributed by atoms with Crippen molar-refractivity contribution < 1.29 is 0 Å². The van der Waals surface area contributed by atoms with Crippen LogP contribution in [0, 0.1) is 5.41 Å². The van der Waals surface area contributed by atoms with Crippen LogP contribution in [-0.2, 0) is 0 Å². The number of hydrogen-bond donors (Lipinski definition) is 0. The van der Waals surface area contributed by atoms with Crippen molar-refractivity contribution in [2.75, 3.05) is 0 Å². The molecule has 0 aromatic carbocycles. The molecule has 0 radical (unpaired) electrons. The van der Waals surface area contributed by atoms with Crippen LogP contribution < -0.4 is 0 Å². The van der Waals surface area contributed by atoms with Gasteiger partial charge in [-0.25, -0.2) is 0 Å². The molecule has 0 N–H and O–H groups in total. The van der Waals surface area contributed by atoms with Gasteiger partial charge >= 0.3 is 0 Å². The Kier molecular flexibility index (Phi) is 4.38. The first-order chi connectivity index (χ1) is 6.16. The average Bonchev–Trinajstić information content (AvgIpc) is 1.96. The zero-order chi connectivity index (χ0) is 11.5. The molecule has 0 heterocycles. The SMILES string of the molecule is C=C(C)/C(C)=C\C(=C(C)C)C(C)(C)C. The van der Waals surface area contributed by atoms with Crippen molar-refractivity contribution in [3.05, 3.63) is 34.9 Å². The van der Waals surface area contributed by atoms with E-state index in [1.807, 2.05) is 0 Å². The predicted molar refractivity (Wildman–Crippen MR) is 66.4 cm³/mol. The smallest absolute Gasteiger partial charge is 0.0132 e. The van der Waals surface area contributed by atoms with Crippen molar-refractivity contribution in [2.24, 2.45) is 5.41 Å². The summed E-state index contributed by atoms with van der Waals surface area (Å²) in [7, 11) is 0. The molecule has 0 spiro atoms. The van der Waals surface area contributed by atoms with Crippen LogP contribution in [-0.4, -0.2) is 0 Å². The molecule has 0 aromatic rings. The zero-order valence-electron chi connectivity index (χ0n) is 10.8. The molecular formula is C14H24. The first kappa shape index (κ1) is 13.2. The third-order valence-electron chi connectivity index (χ3n) is 2.38. The predicted octanol–water partition coefficient (Wildman–Crippen LogP) is 4.89. The van der Waals surface area contributed by atoms with Crippen molar-refractivity contribution in [1.29, 1.82) is 0 Å². The van der Waals surface area contributed by atoms with Crippen LogP contribution in [0.5, 0.6) is 0 Å². The fourth-order valence-corrected chi connectivity index (χ4v) is 1.45. The maximum absolute atomic E-state index is 3.96. The quantitative estimate of drug-likeness (QED) is 0.546. The van der Waals surface area contributed by atoms with E-state index in [0.29, 0.717) is 0 Å². The van der Waals surface area contributed by atoms with Gasteiger partial charge in [-0.15, -0.1) is 0 Å². The van der Waals surface area contributed by atoms with E-state index in [1.165, 1.54) is 16.7 Å². The van der Waals surface area contributed by atoms with E-state index in [9.17, 15) is 0 Å². The Bertz CT molecular complexity index is 276. The third-order valence-corrected chi connectivity index (χ3v) is 2.38. The molecule has 0 fully saturated rings. The van der Waals surface area contributed by atoms with Crippen LogP contribution in [0.1, 0.15) is 48.5 Å². The van der Waals surface area contributed by atoms with E-state index in [2.05, 4.69) is 61.1 Å². The van der Waals surface area contributed by atoms with E-state index in [0.717, 1.165) is 5.57 Å². The van der Waals surface area contributed by atoms with Crippen LogP contribution in [0.15, 0.2) is 34.9 Å². The summed E-state index contributed by atoms with van der Waals surface area (Å²) < 4.78 is 0. The summed E-state index contributed by atoms with van der Waals surface area (Å²) in [5, 5.41) is 0. The van der Waals surface area contributed by atoms with Gasteiger partial charge in [0.1, 0.15) is 0 Å². The van der Waals surface area contributed by atoms with Crippen molar-refractivity contribution >= 4 is 0 Å². The number of allylic oxidation sites excluding steroid dienone is 5. The topological polar surface area (TPSA) is 0 Å². The van der Waals surface area contributed by atoms with E-state index in [4.69, 9.17) is 0 Å². The van der Waals surface area contributed by atoms with Gasteiger partial charge in [0, 0.05) is 0 Å². The minimum Gasteiger partial charge on any atom is -0.0958 e. The summed E-state index contributed by atoms with van der Waals surface area (Å²) >= 11 is 0. The molecule has 0 bridgehead atoms. The molecule has 0 saturated heterocycles. The number of rotatable bonds is 2. The summed E-state index contributed by atoms with van der Waals surface area (Å²) in [5.74, 6) is 0. The van der Waals surface area contributed by atoms with Gasteiger partial charge in [-0.3, -0.25) is 0 Å². The van der Waals surface area contributed by atoms with Crippen LogP contribution in [0.2, 0.25) is 0 Å². The summed E-state index contributed by atoms with van der Waals surface area (Å²) in [6.45, 7) is 19.2. The lowest BCUT2D eigenvalue weighted by Crippen LogP contribution is -2.09. The Hall–Kier alpha value is -0.780. The monoisotopic (exact) mass is 192 g/mol. The lowest BCUT2D eigenvalue weighted by molar-refractivity contribution is 0.511. The molecule has 0 rings (SSSR count). The van der Waals surface area contributed by atoms with Gasteiger partial charge in [0.25, 0.3) is 0 Å². The first-order valence-electron chi connectivity index (χ1n) is 5.18. The minimum atomic E-state index is 0.218. The molecule has 0 aliphatic heterocycles. The van der Waals surface area contributed by atoms with Crippen LogP contribution >= 0.6 is 0 Å². The third kappa shape index (κ3) is 3.95. The van der Waals surface area contributed by atoms with Gasteiger partial charge < -0.3 is 0 Å². The van der Waals surface area contributed by atoms with Gasteiger partial charge in [-0.05, 0) is 44.3 Å². The highest BCUT2D eigenvalue weighted by Gasteiger charge is 2.16. The van der Waals surface area contributed by atoms with Gasteiger partial charge in [0.05, 0.1) is 0 Å². The second kappa shape index (κ2) is 4.63. The second-order valence-electron chi connectivity index (χ2n) is 5.27. The lowest BCUT2D eigenvalue weighted by Gasteiger charge is -2.23. The van der Waals surface area contributed by atoms with Crippen molar-refractivity contribution in [3.63, 3.8) is 0 Å².